The van der Waals surface area contributed by atoms with Crippen LogP contribution >= 0.6 is 0 Å². The largest absolute Gasteiger partial charge is 0.418 e. The highest BCUT2D eigenvalue weighted by Gasteiger charge is 2.35. The first-order valence-electron chi connectivity index (χ1n) is 8.80. The van der Waals surface area contributed by atoms with E-state index in [1.807, 2.05) is 32.0 Å². The van der Waals surface area contributed by atoms with Crippen molar-refractivity contribution in [2.75, 3.05) is 36.4 Å². The molecule has 2 aromatic rings. The molecule has 2 aromatic carbocycles. The van der Waals surface area contributed by atoms with E-state index >= 15 is 0 Å². The average Bonchev–Trinajstić information content (AvgIpc) is 2.64. The van der Waals surface area contributed by atoms with Crippen LogP contribution in [0.4, 0.5) is 29.3 Å². The van der Waals surface area contributed by atoms with Gasteiger partial charge in [0.05, 0.1) is 5.56 Å². The minimum Gasteiger partial charge on any atom is -0.367 e. The van der Waals surface area contributed by atoms with Crippen LogP contribution in [0.15, 0.2) is 42.5 Å². The second-order valence-corrected chi connectivity index (χ2v) is 6.72. The summed E-state index contributed by atoms with van der Waals surface area (Å²) in [4.78, 5) is 15.8. The summed E-state index contributed by atoms with van der Waals surface area (Å²) < 4.78 is 39.6. The molecule has 2 amide bonds. The Bertz CT molecular complexity index is 827. The Balaban J connectivity index is 1.64. The summed E-state index contributed by atoms with van der Waals surface area (Å²) in [5, 5.41) is 2.86. The molecule has 1 aliphatic rings. The number of rotatable bonds is 2. The molecule has 0 saturated carbocycles. The number of benzene rings is 2. The van der Waals surface area contributed by atoms with Gasteiger partial charge in [-0.3, -0.25) is 0 Å². The smallest absolute Gasteiger partial charge is 0.367 e. The summed E-state index contributed by atoms with van der Waals surface area (Å²) in [6, 6.07) is 11.0. The predicted molar refractivity (Wildman–Crippen MR) is 100 cm³/mol. The lowest BCUT2D eigenvalue weighted by atomic mass is 10.1. The molecule has 7 heteroatoms. The van der Waals surface area contributed by atoms with Crippen LogP contribution in [0.2, 0.25) is 0 Å². The fraction of sp³-hybridized carbons (Fsp3) is 0.350. The molecule has 0 spiro atoms. The molecule has 27 heavy (non-hydrogen) atoms. The van der Waals surface area contributed by atoms with Crippen LogP contribution in [0, 0.1) is 13.8 Å². The lowest BCUT2D eigenvalue weighted by Gasteiger charge is -2.37. The van der Waals surface area contributed by atoms with Crippen LogP contribution in [0.25, 0.3) is 0 Å². The van der Waals surface area contributed by atoms with E-state index in [2.05, 4.69) is 5.32 Å². The lowest BCUT2D eigenvalue weighted by Crippen LogP contribution is -2.50. The number of para-hydroxylation sites is 1. The minimum atomic E-state index is -4.39. The highest BCUT2D eigenvalue weighted by molar-refractivity contribution is 5.89. The Morgan fingerprint density at radius 2 is 1.63 bits per heavy atom. The molecule has 0 aliphatic carbocycles. The van der Waals surface area contributed by atoms with E-state index in [0.29, 0.717) is 31.9 Å². The first kappa shape index (κ1) is 19.1. The summed E-state index contributed by atoms with van der Waals surface area (Å²) in [7, 11) is 0. The van der Waals surface area contributed by atoms with Crippen LogP contribution < -0.4 is 10.2 Å². The Hall–Kier alpha value is -2.70. The number of alkyl halides is 3. The monoisotopic (exact) mass is 377 g/mol. The van der Waals surface area contributed by atoms with Crippen LogP contribution in [0.5, 0.6) is 0 Å². The number of nitrogens with zero attached hydrogens (tertiary/aromatic N) is 2. The first-order chi connectivity index (χ1) is 12.8. The number of amides is 2. The van der Waals surface area contributed by atoms with Gasteiger partial charge in [-0.15, -0.1) is 0 Å². The Morgan fingerprint density at radius 3 is 2.26 bits per heavy atom. The third-order valence-electron chi connectivity index (χ3n) is 4.88. The van der Waals surface area contributed by atoms with E-state index in [0.717, 1.165) is 17.2 Å². The number of nitrogens with one attached hydrogen (secondary N) is 1. The minimum absolute atomic E-state index is 0.166. The predicted octanol–water partition coefficient (Wildman–Crippen LogP) is 4.68. The maximum atomic E-state index is 13.2. The van der Waals surface area contributed by atoms with Crippen molar-refractivity contribution in [2.24, 2.45) is 0 Å². The number of anilines is 2. The third kappa shape index (κ3) is 4.35. The third-order valence-corrected chi connectivity index (χ3v) is 4.88. The molecule has 1 fully saturated rings. The van der Waals surface area contributed by atoms with Crippen molar-refractivity contribution in [3.63, 3.8) is 0 Å². The van der Waals surface area contributed by atoms with Crippen molar-refractivity contribution < 1.29 is 18.0 Å². The molecule has 0 unspecified atom stereocenters. The van der Waals surface area contributed by atoms with Crippen LogP contribution in [-0.2, 0) is 6.18 Å². The van der Waals surface area contributed by atoms with Gasteiger partial charge in [-0.05, 0) is 49.2 Å². The Kier molecular flexibility index (Phi) is 5.30. The molecule has 0 aromatic heterocycles. The van der Waals surface area contributed by atoms with E-state index in [9.17, 15) is 18.0 Å². The van der Waals surface area contributed by atoms with E-state index in [1.165, 1.54) is 12.1 Å². The number of urea groups is 1. The molecule has 0 radical (unpaired) electrons. The van der Waals surface area contributed by atoms with Gasteiger partial charge in [0.25, 0.3) is 0 Å². The van der Waals surface area contributed by atoms with E-state index in [4.69, 9.17) is 0 Å². The van der Waals surface area contributed by atoms with Gasteiger partial charge in [0.2, 0.25) is 0 Å². The second kappa shape index (κ2) is 7.50. The SMILES string of the molecule is Cc1ccc(NC(=O)N2CCN(c3ccccc3C(F)(F)F)CC2)cc1C. The number of hydrogen-bond donors (Lipinski definition) is 1. The van der Waals surface area contributed by atoms with Crippen molar-refractivity contribution in [1.29, 1.82) is 0 Å². The number of halogens is 3. The van der Waals surface area contributed by atoms with Crippen molar-refractivity contribution >= 4 is 17.4 Å². The zero-order valence-electron chi connectivity index (χ0n) is 15.3. The second-order valence-electron chi connectivity index (χ2n) is 6.72. The molecule has 0 bridgehead atoms. The lowest BCUT2D eigenvalue weighted by molar-refractivity contribution is -0.137. The zero-order valence-corrected chi connectivity index (χ0v) is 15.3. The average molecular weight is 377 g/mol. The van der Waals surface area contributed by atoms with Gasteiger partial charge in [-0.1, -0.05) is 18.2 Å². The standard InChI is InChI=1S/C20H22F3N3O/c1-14-7-8-16(13-15(14)2)24-19(27)26-11-9-25(10-12-26)18-6-4-3-5-17(18)20(21,22)23/h3-8,13H,9-12H2,1-2H3,(H,24,27). The van der Waals surface area contributed by atoms with Gasteiger partial charge in [0.15, 0.2) is 0 Å². The van der Waals surface area contributed by atoms with Gasteiger partial charge >= 0.3 is 12.2 Å². The van der Waals surface area contributed by atoms with Gasteiger partial charge in [0, 0.05) is 37.6 Å². The normalized spacial score (nSPS) is 15.0. The van der Waals surface area contributed by atoms with Gasteiger partial charge in [0.1, 0.15) is 0 Å². The summed E-state index contributed by atoms with van der Waals surface area (Å²) >= 11 is 0. The highest BCUT2D eigenvalue weighted by atomic mass is 19.4. The maximum Gasteiger partial charge on any atom is 0.418 e. The maximum absolute atomic E-state index is 13.2. The summed E-state index contributed by atoms with van der Waals surface area (Å²) in [5.41, 5.74) is 2.47. The van der Waals surface area contributed by atoms with E-state index < -0.39 is 11.7 Å². The van der Waals surface area contributed by atoms with Gasteiger partial charge in [-0.25, -0.2) is 4.79 Å². The number of carbonyl (C=O) groups is 1. The molecule has 3 rings (SSSR count). The molecular formula is C20H22F3N3O. The molecule has 1 heterocycles. The number of hydrogen-bond acceptors (Lipinski definition) is 2. The molecule has 0 atom stereocenters. The molecule has 144 valence electrons. The first-order valence-corrected chi connectivity index (χ1v) is 8.80. The fourth-order valence-electron chi connectivity index (χ4n) is 3.16. The van der Waals surface area contributed by atoms with Crippen molar-refractivity contribution in [3.8, 4) is 0 Å². The Labute approximate surface area is 156 Å². The summed E-state index contributed by atoms with van der Waals surface area (Å²) in [6.45, 7) is 5.41. The van der Waals surface area contributed by atoms with Gasteiger partial charge in [-0.2, -0.15) is 13.2 Å². The van der Waals surface area contributed by atoms with Crippen molar-refractivity contribution in [1.82, 2.24) is 4.90 Å². The number of aryl methyl sites for hydroxylation is 2. The molecule has 1 saturated heterocycles. The van der Waals surface area contributed by atoms with Crippen molar-refractivity contribution in [2.45, 2.75) is 20.0 Å². The van der Waals surface area contributed by atoms with Crippen LogP contribution in [0.3, 0.4) is 0 Å². The van der Waals surface area contributed by atoms with Crippen LogP contribution in [-0.4, -0.2) is 37.1 Å². The number of piperazine rings is 1. The van der Waals surface area contributed by atoms with Gasteiger partial charge < -0.3 is 15.1 Å². The molecule has 1 N–H and O–H groups in total. The molecule has 4 nitrogen and oxygen atoms in total. The summed E-state index contributed by atoms with van der Waals surface area (Å²) in [6.07, 6.45) is -4.39. The Morgan fingerprint density at radius 1 is 0.963 bits per heavy atom. The number of carbonyl (C=O) groups excluding carboxylic acids is 1. The van der Waals surface area contributed by atoms with Crippen molar-refractivity contribution in [3.05, 3.63) is 59.2 Å². The fourth-order valence-corrected chi connectivity index (χ4v) is 3.16. The van der Waals surface area contributed by atoms with Crippen LogP contribution in [0.1, 0.15) is 16.7 Å². The highest BCUT2D eigenvalue weighted by Crippen LogP contribution is 2.36. The quantitative estimate of drug-likeness (QED) is 0.825. The van der Waals surface area contributed by atoms with E-state index in [-0.39, 0.29) is 11.7 Å². The molecule has 1 aliphatic heterocycles. The topological polar surface area (TPSA) is 35.6 Å². The van der Waals surface area contributed by atoms with E-state index in [1.54, 1.807) is 15.9 Å². The summed E-state index contributed by atoms with van der Waals surface area (Å²) in [5.74, 6) is 0. The molecular weight excluding hydrogens is 355 g/mol. The zero-order chi connectivity index (χ0) is 19.6.